The SMILES string of the molecule is CCc1ccc(NC(=O)c2cnn3c(C)cc(-c4ccccc4)nc23)cc1. The zero-order valence-corrected chi connectivity index (χ0v) is 15.3. The quantitative estimate of drug-likeness (QED) is 0.585. The van der Waals surface area contributed by atoms with Gasteiger partial charge in [-0.1, -0.05) is 49.4 Å². The maximum atomic E-state index is 12.8. The smallest absolute Gasteiger partial charge is 0.261 e. The van der Waals surface area contributed by atoms with Gasteiger partial charge in [0.2, 0.25) is 0 Å². The summed E-state index contributed by atoms with van der Waals surface area (Å²) in [5, 5.41) is 7.27. The monoisotopic (exact) mass is 356 g/mol. The number of hydrogen-bond donors (Lipinski definition) is 1. The number of nitrogens with zero attached hydrogens (tertiary/aromatic N) is 3. The van der Waals surface area contributed by atoms with Crippen molar-refractivity contribution in [3.63, 3.8) is 0 Å². The lowest BCUT2D eigenvalue weighted by Gasteiger charge is -2.07. The molecule has 2 aromatic carbocycles. The Labute approximate surface area is 157 Å². The molecule has 0 radical (unpaired) electrons. The van der Waals surface area contributed by atoms with Gasteiger partial charge in [-0.2, -0.15) is 5.10 Å². The van der Waals surface area contributed by atoms with E-state index in [0.29, 0.717) is 11.2 Å². The number of aryl methyl sites for hydroxylation is 2. The Morgan fingerprint density at radius 1 is 1.07 bits per heavy atom. The Balaban J connectivity index is 1.70. The Morgan fingerprint density at radius 3 is 2.52 bits per heavy atom. The molecule has 0 aliphatic heterocycles. The summed E-state index contributed by atoms with van der Waals surface area (Å²) in [4.78, 5) is 17.5. The number of amides is 1. The largest absolute Gasteiger partial charge is 0.322 e. The molecule has 5 nitrogen and oxygen atoms in total. The zero-order valence-electron chi connectivity index (χ0n) is 15.3. The van der Waals surface area contributed by atoms with Crippen LogP contribution in [0.15, 0.2) is 66.9 Å². The second-order valence-corrected chi connectivity index (χ2v) is 6.45. The summed E-state index contributed by atoms with van der Waals surface area (Å²) in [6.07, 6.45) is 2.54. The number of fused-ring (bicyclic) bond motifs is 1. The molecule has 0 saturated carbocycles. The lowest BCUT2D eigenvalue weighted by molar-refractivity contribution is 0.102. The van der Waals surface area contributed by atoms with Crippen LogP contribution in [-0.4, -0.2) is 20.5 Å². The molecule has 0 atom stereocenters. The highest BCUT2D eigenvalue weighted by Crippen LogP contribution is 2.21. The van der Waals surface area contributed by atoms with Gasteiger partial charge >= 0.3 is 0 Å². The van der Waals surface area contributed by atoms with E-state index in [4.69, 9.17) is 4.98 Å². The molecular formula is C22H20N4O. The number of rotatable bonds is 4. The summed E-state index contributed by atoms with van der Waals surface area (Å²) in [6.45, 7) is 4.06. The maximum absolute atomic E-state index is 12.8. The second kappa shape index (κ2) is 7.03. The molecule has 1 amide bonds. The number of benzene rings is 2. The average Bonchev–Trinajstić information content (AvgIpc) is 3.14. The third-order valence-electron chi connectivity index (χ3n) is 4.58. The third-order valence-corrected chi connectivity index (χ3v) is 4.58. The van der Waals surface area contributed by atoms with Gasteiger partial charge < -0.3 is 5.32 Å². The van der Waals surface area contributed by atoms with Crippen molar-refractivity contribution in [2.75, 3.05) is 5.32 Å². The number of carbonyl (C=O) groups excluding carboxylic acids is 1. The molecule has 2 aromatic heterocycles. The van der Waals surface area contributed by atoms with Crippen LogP contribution in [0.3, 0.4) is 0 Å². The molecule has 0 fully saturated rings. The first-order chi connectivity index (χ1) is 13.2. The van der Waals surface area contributed by atoms with Crippen LogP contribution in [0.25, 0.3) is 16.9 Å². The van der Waals surface area contributed by atoms with Crippen LogP contribution in [0.1, 0.15) is 28.5 Å². The predicted octanol–water partition coefficient (Wildman–Crippen LogP) is 4.52. The molecule has 1 N–H and O–H groups in total. The maximum Gasteiger partial charge on any atom is 0.261 e. The Hall–Kier alpha value is -3.47. The Bertz CT molecular complexity index is 1100. The first kappa shape index (κ1) is 17.0. The minimum absolute atomic E-state index is 0.216. The fraction of sp³-hybridized carbons (Fsp3) is 0.136. The average molecular weight is 356 g/mol. The molecule has 4 rings (SSSR count). The van der Waals surface area contributed by atoms with Gasteiger partial charge in [-0.15, -0.1) is 0 Å². The third kappa shape index (κ3) is 3.31. The highest BCUT2D eigenvalue weighted by Gasteiger charge is 2.16. The number of aromatic nitrogens is 3. The van der Waals surface area contributed by atoms with Gasteiger partial charge in [0.05, 0.1) is 11.9 Å². The minimum atomic E-state index is -0.216. The van der Waals surface area contributed by atoms with Crippen molar-refractivity contribution in [1.29, 1.82) is 0 Å². The van der Waals surface area contributed by atoms with Crippen LogP contribution in [0.5, 0.6) is 0 Å². The fourth-order valence-corrected chi connectivity index (χ4v) is 3.05. The first-order valence-electron chi connectivity index (χ1n) is 8.97. The van der Waals surface area contributed by atoms with Gasteiger partial charge in [0.25, 0.3) is 5.91 Å². The van der Waals surface area contributed by atoms with E-state index in [1.54, 1.807) is 10.7 Å². The molecule has 0 spiro atoms. The van der Waals surface area contributed by atoms with Gasteiger partial charge in [0.15, 0.2) is 5.65 Å². The van der Waals surface area contributed by atoms with Crippen LogP contribution in [0, 0.1) is 6.92 Å². The number of hydrogen-bond acceptors (Lipinski definition) is 3. The second-order valence-electron chi connectivity index (χ2n) is 6.45. The van der Waals surface area contributed by atoms with Crippen molar-refractivity contribution < 1.29 is 4.79 Å². The molecule has 2 heterocycles. The zero-order chi connectivity index (χ0) is 18.8. The van der Waals surface area contributed by atoms with Gasteiger partial charge in [-0.3, -0.25) is 4.79 Å². The Morgan fingerprint density at radius 2 is 1.81 bits per heavy atom. The summed E-state index contributed by atoms with van der Waals surface area (Å²) in [6, 6.07) is 19.8. The van der Waals surface area contributed by atoms with Crippen molar-refractivity contribution in [3.8, 4) is 11.3 Å². The number of nitrogens with one attached hydrogen (secondary N) is 1. The fourth-order valence-electron chi connectivity index (χ4n) is 3.05. The van der Waals surface area contributed by atoms with Crippen molar-refractivity contribution in [2.24, 2.45) is 0 Å². The van der Waals surface area contributed by atoms with E-state index < -0.39 is 0 Å². The molecule has 27 heavy (non-hydrogen) atoms. The molecule has 0 aliphatic carbocycles. The predicted molar refractivity (Wildman–Crippen MR) is 107 cm³/mol. The first-order valence-corrected chi connectivity index (χ1v) is 8.97. The van der Waals surface area contributed by atoms with E-state index in [-0.39, 0.29) is 5.91 Å². The normalized spacial score (nSPS) is 10.9. The van der Waals surface area contributed by atoms with Gasteiger partial charge in [0.1, 0.15) is 5.56 Å². The topological polar surface area (TPSA) is 59.3 Å². The number of carbonyl (C=O) groups is 1. The van der Waals surface area contributed by atoms with Crippen LogP contribution >= 0.6 is 0 Å². The van der Waals surface area contributed by atoms with Gasteiger partial charge in [0, 0.05) is 16.9 Å². The summed E-state index contributed by atoms with van der Waals surface area (Å²) in [7, 11) is 0. The van der Waals surface area contributed by atoms with Gasteiger partial charge in [-0.05, 0) is 37.1 Å². The molecule has 0 unspecified atom stereocenters. The number of anilines is 1. The van der Waals surface area contributed by atoms with Crippen molar-refractivity contribution >= 4 is 17.2 Å². The van der Waals surface area contributed by atoms with Crippen LogP contribution in [0.4, 0.5) is 5.69 Å². The van der Waals surface area contributed by atoms with E-state index in [9.17, 15) is 4.79 Å². The molecule has 0 bridgehead atoms. The summed E-state index contributed by atoms with van der Waals surface area (Å²) < 4.78 is 1.70. The van der Waals surface area contributed by atoms with E-state index in [1.807, 2.05) is 67.6 Å². The lowest BCUT2D eigenvalue weighted by Crippen LogP contribution is -2.12. The molecule has 5 heteroatoms. The standard InChI is InChI=1S/C22H20N4O/c1-3-16-9-11-18(12-10-16)24-22(27)19-14-23-26-15(2)13-20(25-21(19)26)17-7-5-4-6-8-17/h4-14H,3H2,1-2H3,(H,24,27). The van der Waals surface area contributed by atoms with Crippen LogP contribution < -0.4 is 5.32 Å². The molecule has 134 valence electrons. The molecular weight excluding hydrogens is 336 g/mol. The highest BCUT2D eigenvalue weighted by molar-refractivity contribution is 6.08. The minimum Gasteiger partial charge on any atom is -0.322 e. The van der Waals surface area contributed by atoms with Gasteiger partial charge in [-0.25, -0.2) is 9.50 Å². The molecule has 0 aliphatic rings. The summed E-state index contributed by atoms with van der Waals surface area (Å²) in [5.41, 5.74) is 5.74. The van der Waals surface area contributed by atoms with Crippen molar-refractivity contribution in [1.82, 2.24) is 14.6 Å². The van der Waals surface area contributed by atoms with Crippen molar-refractivity contribution in [2.45, 2.75) is 20.3 Å². The molecule has 4 aromatic rings. The molecule has 0 saturated heterocycles. The Kier molecular flexibility index (Phi) is 4.42. The lowest BCUT2D eigenvalue weighted by atomic mass is 10.1. The van der Waals surface area contributed by atoms with Crippen molar-refractivity contribution in [3.05, 3.63) is 83.7 Å². The summed E-state index contributed by atoms with van der Waals surface area (Å²) in [5.74, 6) is -0.216. The van der Waals surface area contributed by atoms with E-state index in [2.05, 4.69) is 17.3 Å². The van der Waals surface area contributed by atoms with E-state index >= 15 is 0 Å². The van der Waals surface area contributed by atoms with Crippen LogP contribution in [0.2, 0.25) is 0 Å². The summed E-state index contributed by atoms with van der Waals surface area (Å²) >= 11 is 0. The van der Waals surface area contributed by atoms with Crippen LogP contribution in [-0.2, 0) is 6.42 Å². The van der Waals surface area contributed by atoms with E-state index in [0.717, 1.165) is 29.1 Å². The highest BCUT2D eigenvalue weighted by atomic mass is 16.1. The van der Waals surface area contributed by atoms with E-state index in [1.165, 1.54) is 5.56 Å².